The van der Waals surface area contributed by atoms with Crippen LogP contribution in [0.1, 0.15) is 20.3 Å². The number of carbonyl (C=O) groups is 1. The zero-order chi connectivity index (χ0) is 13.6. The van der Waals surface area contributed by atoms with Crippen molar-refractivity contribution in [2.45, 2.75) is 25.8 Å². The van der Waals surface area contributed by atoms with Gasteiger partial charge in [-0.1, -0.05) is 22.9 Å². The van der Waals surface area contributed by atoms with Crippen LogP contribution in [0.5, 0.6) is 5.75 Å². The number of ether oxygens (including phenoxy) is 1. The molecular formula is C13H18BrNO3. The normalized spacial score (nSPS) is 13.8. The minimum Gasteiger partial charge on any atom is -0.484 e. The predicted molar refractivity (Wildman–Crippen MR) is 73.6 cm³/mol. The number of hydrogen-bond donors (Lipinski definition) is 2. The third-order valence-electron chi connectivity index (χ3n) is 2.75. The molecule has 0 unspecified atom stereocenters. The lowest BCUT2D eigenvalue weighted by Gasteiger charge is -2.27. The van der Waals surface area contributed by atoms with E-state index in [-0.39, 0.29) is 19.1 Å². The molecule has 0 heterocycles. The number of hydrogen-bond acceptors (Lipinski definition) is 3. The minimum absolute atomic E-state index is 0.0583. The van der Waals surface area contributed by atoms with Crippen molar-refractivity contribution in [3.63, 3.8) is 0 Å². The Kier molecular flexibility index (Phi) is 5.62. The SMILES string of the molecule is CC[C@](C)(CO)NC(=O)COc1ccc(Br)cc1. The highest BCUT2D eigenvalue weighted by atomic mass is 79.9. The highest BCUT2D eigenvalue weighted by Gasteiger charge is 2.23. The van der Waals surface area contributed by atoms with Crippen molar-refractivity contribution in [1.29, 1.82) is 0 Å². The molecule has 0 spiro atoms. The van der Waals surface area contributed by atoms with Gasteiger partial charge in [-0.3, -0.25) is 4.79 Å². The van der Waals surface area contributed by atoms with Crippen molar-refractivity contribution < 1.29 is 14.6 Å². The average molecular weight is 316 g/mol. The Bertz CT molecular complexity index is 388. The van der Waals surface area contributed by atoms with Gasteiger partial charge in [0.25, 0.3) is 5.91 Å². The van der Waals surface area contributed by atoms with Crippen LogP contribution in [0.2, 0.25) is 0 Å². The van der Waals surface area contributed by atoms with Crippen LogP contribution in [-0.4, -0.2) is 29.8 Å². The number of aliphatic hydroxyl groups excluding tert-OH is 1. The van der Waals surface area contributed by atoms with Crippen molar-refractivity contribution in [2.24, 2.45) is 0 Å². The van der Waals surface area contributed by atoms with Gasteiger partial charge in [0.05, 0.1) is 12.1 Å². The first-order valence-electron chi connectivity index (χ1n) is 5.79. The molecule has 0 aliphatic carbocycles. The van der Waals surface area contributed by atoms with E-state index in [1.54, 1.807) is 19.1 Å². The molecule has 0 radical (unpaired) electrons. The molecule has 1 aromatic carbocycles. The van der Waals surface area contributed by atoms with Crippen molar-refractivity contribution in [3.8, 4) is 5.75 Å². The topological polar surface area (TPSA) is 58.6 Å². The summed E-state index contributed by atoms with van der Waals surface area (Å²) in [7, 11) is 0. The summed E-state index contributed by atoms with van der Waals surface area (Å²) in [5, 5.41) is 11.9. The van der Waals surface area contributed by atoms with Crippen LogP contribution < -0.4 is 10.1 Å². The molecule has 0 fully saturated rings. The lowest BCUT2D eigenvalue weighted by atomic mass is 10.0. The second kappa shape index (κ2) is 6.75. The summed E-state index contributed by atoms with van der Waals surface area (Å²) in [6.45, 7) is 3.56. The quantitative estimate of drug-likeness (QED) is 0.845. The number of halogens is 1. The second-order valence-electron chi connectivity index (χ2n) is 4.36. The van der Waals surface area contributed by atoms with E-state index in [0.29, 0.717) is 12.2 Å². The molecule has 18 heavy (non-hydrogen) atoms. The fourth-order valence-electron chi connectivity index (χ4n) is 1.29. The molecule has 0 aliphatic heterocycles. The summed E-state index contributed by atoms with van der Waals surface area (Å²) in [5.74, 6) is 0.395. The molecule has 1 rings (SSSR count). The molecule has 1 aromatic rings. The monoisotopic (exact) mass is 315 g/mol. The van der Waals surface area contributed by atoms with Crippen LogP contribution in [0.15, 0.2) is 28.7 Å². The molecule has 0 aliphatic rings. The van der Waals surface area contributed by atoms with Crippen molar-refractivity contribution >= 4 is 21.8 Å². The second-order valence-corrected chi connectivity index (χ2v) is 5.28. The minimum atomic E-state index is -0.583. The Morgan fingerprint density at radius 3 is 2.56 bits per heavy atom. The molecule has 5 heteroatoms. The van der Waals surface area contributed by atoms with Crippen LogP contribution in [0.25, 0.3) is 0 Å². The molecule has 0 bridgehead atoms. The number of benzene rings is 1. The number of carbonyl (C=O) groups excluding carboxylic acids is 1. The van der Waals surface area contributed by atoms with E-state index in [2.05, 4.69) is 21.2 Å². The van der Waals surface area contributed by atoms with Crippen LogP contribution in [0.3, 0.4) is 0 Å². The van der Waals surface area contributed by atoms with E-state index < -0.39 is 5.54 Å². The number of aliphatic hydroxyl groups is 1. The maximum absolute atomic E-state index is 11.7. The van der Waals surface area contributed by atoms with Crippen LogP contribution in [0, 0.1) is 0 Å². The zero-order valence-electron chi connectivity index (χ0n) is 10.6. The first kappa shape index (κ1) is 15.0. The zero-order valence-corrected chi connectivity index (χ0v) is 12.2. The van der Waals surface area contributed by atoms with Gasteiger partial charge in [-0.05, 0) is 37.6 Å². The van der Waals surface area contributed by atoms with E-state index in [1.165, 1.54) is 0 Å². The highest BCUT2D eigenvalue weighted by molar-refractivity contribution is 9.10. The van der Waals surface area contributed by atoms with Gasteiger partial charge in [-0.15, -0.1) is 0 Å². The van der Waals surface area contributed by atoms with Crippen LogP contribution in [0.4, 0.5) is 0 Å². The first-order chi connectivity index (χ1) is 8.49. The van der Waals surface area contributed by atoms with Gasteiger partial charge >= 0.3 is 0 Å². The molecule has 100 valence electrons. The standard InChI is InChI=1S/C13H18BrNO3/c1-3-13(2,9-16)15-12(17)8-18-11-6-4-10(14)5-7-11/h4-7,16H,3,8-9H2,1-2H3,(H,15,17)/t13-/m1/s1. The largest absolute Gasteiger partial charge is 0.484 e. The lowest BCUT2D eigenvalue weighted by Crippen LogP contribution is -2.49. The molecular weight excluding hydrogens is 298 g/mol. The summed E-state index contributed by atoms with van der Waals surface area (Å²) >= 11 is 3.32. The maximum atomic E-state index is 11.7. The van der Waals surface area contributed by atoms with Crippen molar-refractivity contribution in [3.05, 3.63) is 28.7 Å². The Labute approximate surface area is 115 Å². The van der Waals surface area contributed by atoms with Gasteiger partial charge < -0.3 is 15.2 Å². The molecule has 2 N–H and O–H groups in total. The number of nitrogens with one attached hydrogen (secondary N) is 1. The van der Waals surface area contributed by atoms with Gasteiger partial charge in [0.1, 0.15) is 5.75 Å². The van der Waals surface area contributed by atoms with Gasteiger partial charge in [-0.25, -0.2) is 0 Å². The molecule has 1 atom stereocenters. The van der Waals surface area contributed by atoms with Gasteiger partial charge in [0.15, 0.2) is 6.61 Å². The van der Waals surface area contributed by atoms with Crippen LogP contribution >= 0.6 is 15.9 Å². The highest BCUT2D eigenvalue weighted by Crippen LogP contribution is 2.16. The molecule has 0 aromatic heterocycles. The van der Waals surface area contributed by atoms with Crippen molar-refractivity contribution in [1.82, 2.24) is 5.32 Å². The summed E-state index contributed by atoms with van der Waals surface area (Å²) in [5.41, 5.74) is -0.583. The molecule has 1 amide bonds. The summed E-state index contributed by atoms with van der Waals surface area (Å²) in [6.07, 6.45) is 0.660. The van der Waals surface area contributed by atoms with Crippen molar-refractivity contribution in [2.75, 3.05) is 13.2 Å². The lowest BCUT2D eigenvalue weighted by molar-refractivity contribution is -0.125. The Morgan fingerprint density at radius 2 is 2.06 bits per heavy atom. The first-order valence-corrected chi connectivity index (χ1v) is 6.58. The third-order valence-corrected chi connectivity index (χ3v) is 3.28. The summed E-state index contributed by atoms with van der Waals surface area (Å²) in [4.78, 5) is 11.7. The Balaban J connectivity index is 2.44. The van der Waals surface area contributed by atoms with E-state index in [4.69, 9.17) is 4.74 Å². The van der Waals surface area contributed by atoms with E-state index in [1.807, 2.05) is 19.1 Å². The van der Waals surface area contributed by atoms with Gasteiger partial charge in [0.2, 0.25) is 0 Å². The van der Waals surface area contributed by atoms with Gasteiger partial charge in [0, 0.05) is 4.47 Å². The third kappa shape index (κ3) is 4.66. The van der Waals surface area contributed by atoms with E-state index in [0.717, 1.165) is 4.47 Å². The Hall–Kier alpha value is -1.07. The summed E-state index contributed by atoms with van der Waals surface area (Å²) < 4.78 is 6.30. The molecule has 0 saturated heterocycles. The predicted octanol–water partition coefficient (Wildman–Crippen LogP) is 2.11. The fourth-order valence-corrected chi connectivity index (χ4v) is 1.56. The maximum Gasteiger partial charge on any atom is 0.258 e. The van der Waals surface area contributed by atoms with Crippen LogP contribution in [-0.2, 0) is 4.79 Å². The molecule has 0 saturated carbocycles. The number of amides is 1. The number of rotatable bonds is 6. The smallest absolute Gasteiger partial charge is 0.258 e. The summed E-state index contributed by atoms with van der Waals surface area (Å²) in [6, 6.07) is 7.25. The Morgan fingerprint density at radius 1 is 1.44 bits per heavy atom. The fraction of sp³-hybridized carbons (Fsp3) is 0.462. The molecule has 4 nitrogen and oxygen atoms in total. The van der Waals surface area contributed by atoms with Gasteiger partial charge in [-0.2, -0.15) is 0 Å². The average Bonchev–Trinajstić information content (AvgIpc) is 2.38. The van der Waals surface area contributed by atoms with E-state index in [9.17, 15) is 9.90 Å². The van der Waals surface area contributed by atoms with E-state index >= 15 is 0 Å².